The van der Waals surface area contributed by atoms with E-state index in [9.17, 15) is 17.2 Å². The van der Waals surface area contributed by atoms with Crippen LogP contribution in [0.15, 0.2) is 48.9 Å². The van der Waals surface area contributed by atoms with Crippen LogP contribution < -0.4 is 9.47 Å². The smallest absolute Gasteiger partial charge is 0.238 e. The van der Waals surface area contributed by atoms with Crippen molar-refractivity contribution in [3.05, 3.63) is 66.1 Å². The zero-order chi connectivity index (χ0) is 23.0. The first-order valence-corrected chi connectivity index (χ1v) is 11.5. The molecule has 0 saturated carbocycles. The fourth-order valence-electron chi connectivity index (χ4n) is 3.50. The summed E-state index contributed by atoms with van der Waals surface area (Å²) in [6, 6.07) is 6.35. The number of aromatic nitrogens is 3. The van der Waals surface area contributed by atoms with Crippen LogP contribution in [-0.4, -0.2) is 36.3 Å². The van der Waals surface area contributed by atoms with Gasteiger partial charge in [0.15, 0.2) is 21.4 Å². The summed E-state index contributed by atoms with van der Waals surface area (Å²) in [6.07, 6.45) is 5.86. The number of ether oxygens (including phenoxy) is 2. The summed E-state index contributed by atoms with van der Waals surface area (Å²) in [5, 5.41) is 0.752. The Labute approximate surface area is 183 Å². The largest absolute Gasteiger partial charge is 0.479 e. The zero-order valence-corrected chi connectivity index (χ0v) is 18.3. The number of hydrogen-bond acceptors (Lipinski definition) is 6. The second-order valence-corrected chi connectivity index (χ2v) is 9.45. The van der Waals surface area contributed by atoms with Gasteiger partial charge in [-0.2, -0.15) is 0 Å². The van der Waals surface area contributed by atoms with Crippen LogP contribution in [-0.2, 0) is 22.6 Å². The Morgan fingerprint density at radius 1 is 1.06 bits per heavy atom. The first kappa shape index (κ1) is 21.7. The van der Waals surface area contributed by atoms with Gasteiger partial charge in [0.05, 0.1) is 12.9 Å². The summed E-state index contributed by atoms with van der Waals surface area (Å²) in [6.45, 7) is 0. The maximum Gasteiger partial charge on any atom is 0.238 e. The van der Waals surface area contributed by atoms with Gasteiger partial charge in [-0.25, -0.2) is 27.2 Å². The number of halogens is 2. The van der Waals surface area contributed by atoms with Gasteiger partial charge in [-0.3, -0.25) is 0 Å². The lowest BCUT2D eigenvalue weighted by Gasteiger charge is -2.12. The number of nitrogens with zero attached hydrogens (tertiary/aromatic N) is 3. The standard InChI is InChI=1S/C22H19F2N3O4S/c1-27-11-17(15-6-7-25-22(30-2)20(15)27)16-8-13(12-32(3,28)29)10-26-21(16)31-19-5-4-14(23)9-18(19)24/h4-11H,12H2,1-3H3. The zero-order valence-electron chi connectivity index (χ0n) is 17.5. The normalized spacial score (nSPS) is 11.7. The van der Waals surface area contributed by atoms with E-state index in [0.29, 0.717) is 34.2 Å². The van der Waals surface area contributed by atoms with E-state index in [0.717, 1.165) is 23.8 Å². The predicted molar refractivity (Wildman–Crippen MR) is 115 cm³/mol. The number of rotatable bonds is 6. The van der Waals surface area contributed by atoms with Gasteiger partial charge in [-0.15, -0.1) is 0 Å². The molecular formula is C22H19F2N3O4S. The van der Waals surface area contributed by atoms with E-state index in [1.54, 1.807) is 24.5 Å². The van der Waals surface area contributed by atoms with Crippen LogP contribution in [0.5, 0.6) is 17.5 Å². The molecule has 0 unspecified atom stereocenters. The summed E-state index contributed by atoms with van der Waals surface area (Å²) >= 11 is 0. The lowest BCUT2D eigenvalue weighted by atomic mass is 10.1. The molecule has 0 fully saturated rings. The SMILES string of the molecule is COc1nccc2c(-c3cc(CS(C)(=O)=O)cnc3Oc3ccc(F)cc3F)cn(C)c12. The number of hydrogen-bond donors (Lipinski definition) is 0. The van der Waals surface area contributed by atoms with Crippen LogP contribution in [0.25, 0.3) is 22.0 Å². The molecule has 0 aliphatic heterocycles. The Bertz CT molecular complexity index is 1430. The van der Waals surface area contributed by atoms with E-state index < -0.39 is 21.5 Å². The number of fused-ring (bicyclic) bond motifs is 1. The van der Waals surface area contributed by atoms with Gasteiger partial charge in [0.1, 0.15) is 11.3 Å². The third kappa shape index (κ3) is 4.26. The second-order valence-electron chi connectivity index (χ2n) is 7.31. The maximum absolute atomic E-state index is 14.2. The molecule has 3 aromatic heterocycles. The highest BCUT2D eigenvalue weighted by Crippen LogP contribution is 2.39. The van der Waals surface area contributed by atoms with E-state index in [1.165, 1.54) is 13.3 Å². The van der Waals surface area contributed by atoms with Crippen molar-refractivity contribution >= 4 is 20.7 Å². The molecule has 4 aromatic rings. The first-order chi connectivity index (χ1) is 15.2. The van der Waals surface area contributed by atoms with E-state index in [4.69, 9.17) is 9.47 Å². The quantitative estimate of drug-likeness (QED) is 0.429. The summed E-state index contributed by atoms with van der Waals surface area (Å²) in [7, 11) is -0.00697. The Hall–Kier alpha value is -3.53. The van der Waals surface area contributed by atoms with Crippen molar-refractivity contribution in [2.24, 2.45) is 7.05 Å². The molecular weight excluding hydrogens is 440 g/mol. The van der Waals surface area contributed by atoms with Crippen LogP contribution in [0.4, 0.5) is 8.78 Å². The number of aryl methyl sites for hydroxylation is 1. The minimum absolute atomic E-state index is 0.0380. The van der Waals surface area contributed by atoms with Gasteiger partial charge in [0, 0.05) is 54.5 Å². The van der Waals surface area contributed by atoms with Crippen molar-refractivity contribution < 1.29 is 26.7 Å². The van der Waals surface area contributed by atoms with Crippen LogP contribution in [0.2, 0.25) is 0 Å². The van der Waals surface area contributed by atoms with Gasteiger partial charge < -0.3 is 14.0 Å². The minimum Gasteiger partial charge on any atom is -0.479 e. The van der Waals surface area contributed by atoms with Gasteiger partial charge in [-0.1, -0.05) is 0 Å². The van der Waals surface area contributed by atoms with Crippen LogP contribution in [0.3, 0.4) is 0 Å². The highest BCUT2D eigenvalue weighted by Gasteiger charge is 2.20. The summed E-state index contributed by atoms with van der Waals surface area (Å²) in [5.41, 5.74) is 2.24. The second kappa shape index (κ2) is 8.19. The molecule has 7 nitrogen and oxygen atoms in total. The van der Waals surface area contributed by atoms with Crippen molar-refractivity contribution in [2.45, 2.75) is 5.75 Å². The molecule has 0 N–H and O–H groups in total. The van der Waals surface area contributed by atoms with Gasteiger partial charge in [0.2, 0.25) is 11.8 Å². The molecule has 0 amide bonds. The molecule has 4 rings (SSSR count). The molecule has 0 aliphatic rings. The van der Waals surface area contributed by atoms with Crippen molar-refractivity contribution in [3.8, 4) is 28.6 Å². The molecule has 0 aliphatic carbocycles. The van der Waals surface area contributed by atoms with Crippen molar-refractivity contribution in [2.75, 3.05) is 13.4 Å². The molecule has 166 valence electrons. The molecule has 10 heteroatoms. The van der Waals surface area contributed by atoms with Gasteiger partial charge in [-0.05, 0) is 29.8 Å². The lowest BCUT2D eigenvalue weighted by Crippen LogP contribution is -2.02. The van der Waals surface area contributed by atoms with Crippen molar-refractivity contribution in [1.82, 2.24) is 14.5 Å². The third-order valence-electron chi connectivity index (χ3n) is 4.78. The number of methoxy groups -OCH3 is 1. The van der Waals surface area contributed by atoms with E-state index in [1.807, 2.05) is 11.6 Å². The molecule has 32 heavy (non-hydrogen) atoms. The molecule has 3 heterocycles. The summed E-state index contributed by atoms with van der Waals surface area (Å²) < 4.78 is 64.0. The average Bonchev–Trinajstić information content (AvgIpc) is 3.06. The minimum atomic E-state index is -3.32. The van der Waals surface area contributed by atoms with Gasteiger partial charge >= 0.3 is 0 Å². The Kier molecular flexibility index (Phi) is 5.55. The van der Waals surface area contributed by atoms with Crippen molar-refractivity contribution in [1.29, 1.82) is 0 Å². The van der Waals surface area contributed by atoms with E-state index in [2.05, 4.69) is 9.97 Å². The average molecular weight is 459 g/mol. The Balaban J connectivity index is 1.92. The monoisotopic (exact) mass is 459 g/mol. The highest BCUT2D eigenvalue weighted by atomic mass is 32.2. The highest BCUT2D eigenvalue weighted by molar-refractivity contribution is 7.89. The molecule has 0 spiro atoms. The number of benzene rings is 1. The topological polar surface area (TPSA) is 83.3 Å². The van der Waals surface area contributed by atoms with Crippen LogP contribution >= 0.6 is 0 Å². The van der Waals surface area contributed by atoms with Gasteiger partial charge in [0.25, 0.3) is 0 Å². The lowest BCUT2D eigenvalue weighted by molar-refractivity contribution is 0.401. The Morgan fingerprint density at radius 2 is 1.84 bits per heavy atom. The maximum atomic E-state index is 14.2. The summed E-state index contributed by atoms with van der Waals surface area (Å²) in [4.78, 5) is 8.47. The molecule has 0 saturated heterocycles. The third-order valence-corrected chi connectivity index (χ3v) is 5.63. The van der Waals surface area contributed by atoms with E-state index >= 15 is 0 Å². The molecule has 0 atom stereocenters. The van der Waals surface area contributed by atoms with Crippen molar-refractivity contribution in [3.63, 3.8) is 0 Å². The summed E-state index contributed by atoms with van der Waals surface area (Å²) in [5.74, 6) is -1.62. The Morgan fingerprint density at radius 3 is 2.53 bits per heavy atom. The number of sulfone groups is 1. The molecule has 0 bridgehead atoms. The fourth-order valence-corrected chi connectivity index (χ4v) is 4.26. The fraction of sp³-hybridized carbons (Fsp3) is 0.182. The number of pyridine rings is 2. The van der Waals surface area contributed by atoms with Crippen LogP contribution in [0.1, 0.15) is 5.56 Å². The molecule has 1 aromatic carbocycles. The first-order valence-electron chi connectivity index (χ1n) is 9.44. The predicted octanol–water partition coefficient (Wildman–Crippen LogP) is 4.26. The van der Waals surface area contributed by atoms with Crippen LogP contribution in [0, 0.1) is 11.6 Å². The molecule has 0 radical (unpaired) electrons. The van der Waals surface area contributed by atoms with E-state index in [-0.39, 0.29) is 17.4 Å².